The summed E-state index contributed by atoms with van der Waals surface area (Å²) >= 11 is 0. The molecule has 0 N–H and O–H groups in total. The zero-order valence-corrected chi connectivity index (χ0v) is 74.9. The van der Waals surface area contributed by atoms with Crippen molar-refractivity contribution in [3.63, 3.8) is 0 Å². The first kappa shape index (κ1) is 90.2. The first-order valence-corrected chi connectivity index (χ1v) is 43.1. The van der Waals surface area contributed by atoms with Gasteiger partial charge in [-0.2, -0.15) is 0 Å². The average molecular weight is 1610 g/mol. The molecule has 0 heterocycles. The van der Waals surface area contributed by atoms with E-state index in [0.29, 0.717) is 0 Å². The molecule has 0 bridgehead atoms. The van der Waals surface area contributed by atoms with E-state index in [9.17, 15) is 0 Å². The molecular formula is C120H123N3. The lowest BCUT2D eigenvalue weighted by Gasteiger charge is -2.26. The highest BCUT2D eigenvalue weighted by atomic mass is 15.2. The van der Waals surface area contributed by atoms with Gasteiger partial charge in [0.2, 0.25) is 0 Å². The van der Waals surface area contributed by atoms with Crippen LogP contribution in [-0.4, -0.2) is 0 Å². The van der Waals surface area contributed by atoms with Gasteiger partial charge in [-0.1, -0.05) is 462 Å². The predicted octanol–water partition coefficient (Wildman–Crippen LogP) is 34.8. The largest absolute Gasteiger partial charge is 0.311 e. The van der Waals surface area contributed by atoms with Crippen LogP contribution in [0.25, 0.3) is 34.9 Å². The second-order valence-corrected chi connectivity index (χ2v) is 36.3. The number of para-hydroxylation sites is 6. The van der Waals surface area contributed by atoms with Crippen LogP contribution in [0.15, 0.2) is 455 Å². The van der Waals surface area contributed by atoms with Crippen molar-refractivity contribution in [2.45, 2.75) is 109 Å². The molecule has 0 aliphatic rings. The molecule has 0 saturated carbocycles. The molecule has 0 radical (unpaired) electrons. The van der Waals surface area contributed by atoms with Crippen LogP contribution in [-0.2, 0) is 5.41 Å². The van der Waals surface area contributed by atoms with E-state index >= 15 is 0 Å². The van der Waals surface area contributed by atoms with Gasteiger partial charge in [0.25, 0.3) is 0 Å². The van der Waals surface area contributed by atoms with Crippen LogP contribution in [0.4, 0.5) is 51.2 Å². The monoisotopic (exact) mass is 1610 g/mol. The smallest absolute Gasteiger partial charge is 0.0462 e. The fourth-order valence-electron chi connectivity index (χ4n) is 14.0. The fourth-order valence-corrected chi connectivity index (χ4v) is 14.0. The van der Waals surface area contributed by atoms with Crippen LogP contribution in [0, 0.1) is 21.7 Å². The van der Waals surface area contributed by atoms with Gasteiger partial charge in [0.05, 0.1) is 0 Å². The van der Waals surface area contributed by atoms with Crippen molar-refractivity contribution >= 4 is 86.1 Å². The third kappa shape index (κ3) is 28.8. The van der Waals surface area contributed by atoms with Gasteiger partial charge in [-0.15, -0.1) is 0 Å². The van der Waals surface area contributed by atoms with Crippen molar-refractivity contribution in [3.05, 3.63) is 511 Å². The summed E-state index contributed by atoms with van der Waals surface area (Å²) in [7, 11) is 0. The zero-order chi connectivity index (χ0) is 87.1. The van der Waals surface area contributed by atoms with Crippen LogP contribution in [0.3, 0.4) is 0 Å². The third-order valence-corrected chi connectivity index (χ3v) is 20.0. The molecule has 15 rings (SSSR count). The van der Waals surface area contributed by atoms with E-state index in [-0.39, 0.29) is 27.1 Å². The number of nitrogens with zero attached hydrogens (tertiary/aromatic N) is 3. The molecule has 618 valence electrons. The van der Waals surface area contributed by atoms with E-state index < -0.39 is 0 Å². The Balaban J connectivity index is 0.000000156. The highest BCUT2D eigenvalue weighted by molar-refractivity contribution is 5.93. The summed E-state index contributed by atoms with van der Waals surface area (Å²) in [6.07, 6.45) is 15.8. The number of allylic oxidation sites excluding steroid dienone is 4. The molecule has 3 heteroatoms. The molecule has 3 nitrogen and oxygen atoms in total. The Bertz CT molecular complexity index is 5590. The Hall–Kier alpha value is -13.6. The van der Waals surface area contributed by atoms with E-state index in [2.05, 4.69) is 574 Å². The van der Waals surface area contributed by atoms with E-state index in [4.69, 9.17) is 0 Å². The molecule has 15 aromatic rings. The van der Waals surface area contributed by atoms with Crippen LogP contribution < -0.4 is 14.7 Å². The summed E-state index contributed by atoms with van der Waals surface area (Å²) in [5.74, 6) is 0. The Morgan fingerprint density at radius 3 is 0.659 bits per heavy atom. The number of anilines is 9. The maximum atomic E-state index is 2.36. The molecule has 123 heavy (non-hydrogen) atoms. The summed E-state index contributed by atoms with van der Waals surface area (Å²) in [6, 6.07) is 151. The van der Waals surface area contributed by atoms with Gasteiger partial charge >= 0.3 is 0 Å². The molecule has 0 saturated heterocycles. The van der Waals surface area contributed by atoms with Gasteiger partial charge in [-0.05, 0) is 215 Å². The lowest BCUT2D eigenvalue weighted by Crippen LogP contribution is -2.10. The third-order valence-electron chi connectivity index (χ3n) is 20.0. The Morgan fingerprint density at radius 2 is 0.398 bits per heavy atom. The molecule has 0 aromatic heterocycles. The highest BCUT2D eigenvalue weighted by Gasteiger charge is 2.20. The van der Waals surface area contributed by atoms with Crippen molar-refractivity contribution in [2.75, 3.05) is 14.7 Å². The fraction of sp³-hybridized carbons (Fsp3) is 0.167. The van der Waals surface area contributed by atoms with Gasteiger partial charge in [0.1, 0.15) is 0 Å². The maximum absolute atomic E-state index is 2.36. The maximum Gasteiger partial charge on any atom is 0.0462 e. The molecule has 0 aliphatic carbocycles. The molecule has 0 fully saturated rings. The number of rotatable bonds is 18. The topological polar surface area (TPSA) is 9.72 Å². The number of hydrogen-bond acceptors (Lipinski definition) is 3. The lowest BCUT2D eigenvalue weighted by molar-refractivity contribution is 0.545. The van der Waals surface area contributed by atoms with E-state index in [0.717, 1.165) is 51.2 Å². The standard InChI is InChI=1S/C36H33N.C30H29N.C24H25N.C18H20.C12H16/c1-36(2,3)31-17-13-14-28(26-31)27-35(29-15-7-4-8-16-29)30-22-24-34(25-23-30)37(32-18-9-5-10-19-32)33-20-11-6-12-21-33;1-30(2,3)23-29(24-13-7-4-8-14-24)25-19-21-28(22-20-25)31(26-15-9-5-10-16-26)27-17-11-6-12-18-27;1-24(2,3)19-18-20-14-16-23(17-15-20)25(21-10-6-4-7-11-21)22-12-8-5-9-13-22;1-18(2,3)14-17(15-10-6-4-7-11-15)16-12-8-5-9-13-16;1-12(2,3)10-9-11-7-5-4-6-8-11/h4-27H,1-3H3;4-23H,1-3H3;4-19H,1-3H3;4-14H,1-3H3;4-10H,1-3H3/b35-27+;29-23+;19-18+;;10-9+. The SMILES string of the molecule is CC(C)(C)/C=C(\c1ccccc1)c1ccc(N(c2ccccc2)c2ccccc2)cc1.CC(C)(C)/C=C/c1ccc(N(c2ccccc2)c2ccccc2)cc1.CC(C)(C)/C=C/c1ccccc1.CC(C)(C)C=C(c1ccccc1)c1ccccc1.CC(C)(C)c1cccc(/C=C(\c2ccccc2)c2ccc(N(c3ccccc3)c3ccccc3)cc2)c1. The second-order valence-electron chi connectivity index (χ2n) is 36.3. The quantitative estimate of drug-likeness (QED) is 0.0793. The van der Waals surface area contributed by atoms with Gasteiger partial charge < -0.3 is 14.7 Å². The van der Waals surface area contributed by atoms with Crippen LogP contribution in [0.2, 0.25) is 0 Å². The first-order valence-electron chi connectivity index (χ1n) is 43.1. The van der Waals surface area contributed by atoms with Crippen LogP contribution >= 0.6 is 0 Å². The molecule has 0 aliphatic heterocycles. The first-order chi connectivity index (χ1) is 59.2. The van der Waals surface area contributed by atoms with Gasteiger partial charge in [-0.25, -0.2) is 0 Å². The van der Waals surface area contributed by atoms with Gasteiger partial charge in [-0.3, -0.25) is 0 Å². The molecular weight excluding hydrogens is 1480 g/mol. The molecule has 0 atom stereocenters. The summed E-state index contributed by atoms with van der Waals surface area (Å²) in [5.41, 5.74) is 27.4. The summed E-state index contributed by atoms with van der Waals surface area (Å²) < 4.78 is 0. The minimum absolute atomic E-state index is 0.0873. The van der Waals surface area contributed by atoms with Crippen molar-refractivity contribution < 1.29 is 0 Å². The van der Waals surface area contributed by atoms with Crippen molar-refractivity contribution in [2.24, 2.45) is 21.7 Å². The van der Waals surface area contributed by atoms with Crippen LogP contribution in [0.5, 0.6) is 0 Å². The van der Waals surface area contributed by atoms with Crippen molar-refractivity contribution in [1.29, 1.82) is 0 Å². The molecule has 15 aromatic carbocycles. The van der Waals surface area contributed by atoms with E-state index in [1.807, 2.05) is 18.2 Å². The normalized spacial score (nSPS) is 11.7. The number of hydrogen-bond donors (Lipinski definition) is 0. The second kappa shape index (κ2) is 43.6. The summed E-state index contributed by atoms with van der Waals surface area (Å²) in [4.78, 5) is 6.86. The Labute approximate surface area is 737 Å². The summed E-state index contributed by atoms with van der Waals surface area (Å²) in [5, 5.41) is 0. The molecule has 0 amide bonds. The van der Waals surface area contributed by atoms with Gasteiger partial charge in [0, 0.05) is 51.2 Å². The Kier molecular flexibility index (Phi) is 31.9. The highest BCUT2D eigenvalue weighted by Crippen LogP contribution is 2.41. The molecule has 0 spiro atoms. The predicted molar refractivity (Wildman–Crippen MR) is 538 cm³/mol. The Morgan fingerprint density at radius 1 is 0.187 bits per heavy atom. The van der Waals surface area contributed by atoms with Crippen LogP contribution in [0.1, 0.15) is 159 Å². The lowest BCUT2D eigenvalue weighted by atomic mass is 9.85. The zero-order valence-electron chi connectivity index (χ0n) is 74.9. The van der Waals surface area contributed by atoms with E-state index in [1.54, 1.807) is 0 Å². The van der Waals surface area contributed by atoms with E-state index in [1.165, 1.54) is 72.4 Å². The average Bonchev–Trinajstić information content (AvgIpc) is 0.804. The number of benzene rings is 15. The van der Waals surface area contributed by atoms with Gasteiger partial charge in [0.15, 0.2) is 0 Å². The minimum atomic E-state index is 0.0873. The van der Waals surface area contributed by atoms with Crippen molar-refractivity contribution in [3.8, 4) is 0 Å². The molecule has 0 unspecified atom stereocenters. The summed E-state index contributed by atoms with van der Waals surface area (Å²) in [6.45, 7) is 33.5. The van der Waals surface area contributed by atoms with Crippen molar-refractivity contribution in [1.82, 2.24) is 0 Å². The minimum Gasteiger partial charge on any atom is -0.311 e.